The van der Waals surface area contributed by atoms with Gasteiger partial charge in [-0.25, -0.2) is 0 Å². The predicted octanol–water partition coefficient (Wildman–Crippen LogP) is 1.94. The maximum absolute atomic E-state index is 10.5. The molecule has 0 unspecified atom stereocenters. The van der Waals surface area contributed by atoms with Crippen molar-refractivity contribution in [2.45, 2.75) is 20.3 Å². The van der Waals surface area contributed by atoms with Gasteiger partial charge in [-0.2, -0.15) is 0 Å². The number of ether oxygens (including phenoxy) is 1. The first-order valence-corrected chi connectivity index (χ1v) is 4.40. The Hall–Kier alpha value is -0.406. The third kappa shape index (κ3) is 3.92. The van der Waals surface area contributed by atoms with Crippen LogP contribution in [0.4, 0.5) is 0 Å². The monoisotopic (exact) mass is 283 g/mol. The van der Waals surface area contributed by atoms with Gasteiger partial charge in [0.1, 0.15) is 5.75 Å². The summed E-state index contributed by atoms with van der Waals surface area (Å²) in [5.74, 6) is 0.0214. The van der Waals surface area contributed by atoms with Crippen molar-refractivity contribution in [2.24, 2.45) is 0 Å². The minimum atomic E-state index is -0.811. The number of methoxy groups -OCH3 is 1. The van der Waals surface area contributed by atoms with Crippen molar-refractivity contribution in [3.05, 3.63) is 28.8 Å². The van der Waals surface area contributed by atoms with E-state index in [1.165, 1.54) is 0 Å². The van der Waals surface area contributed by atoms with E-state index < -0.39 is 5.97 Å². The number of carboxylic acids is 1. The SMILES string of the molecule is COc1c(C)cc(CC(=O)O)cc1C.[Y]. The van der Waals surface area contributed by atoms with E-state index in [4.69, 9.17) is 9.84 Å². The van der Waals surface area contributed by atoms with Crippen LogP contribution >= 0.6 is 0 Å². The number of hydrogen-bond donors (Lipinski definition) is 1. The molecule has 0 aliphatic rings. The molecule has 0 heterocycles. The molecule has 1 aromatic rings. The van der Waals surface area contributed by atoms with E-state index in [0.29, 0.717) is 0 Å². The van der Waals surface area contributed by atoms with Gasteiger partial charge in [-0.15, -0.1) is 0 Å². The van der Waals surface area contributed by atoms with Crippen LogP contribution in [0.3, 0.4) is 0 Å². The summed E-state index contributed by atoms with van der Waals surface area (Å²) < 4.78 is 5.19. The summed E-state index contributed by atoms with van der Waals surface area (Å²) in [6.45, 7) is 3.83. The maximum atomic E-state index is 10.5. The number of aryl methyl sites for hydroxylation is 2. The van der Waals surface area contributed by atoms with E-state index in [1.54, 1.807) is 7.11 Å². The van der Waals surface area contributed by atoms with Crippen LogP contribution in [0.15, 0.2) is 12.1 Å². The molecule has 1 N–H and O–H groups in total. The maximum Gasteiger partial charge on any atom is 0.307 e. The molecule has 3 nitrogen and oxygen atoms in total. The van der Waals surface area contributed by atoms with Crippen molar-refractivity contribution < 1.29 is 47.3 Å². The molecule has 4 heteroatoms. The van der Waals surface area contributed by atoms with E-state index in [1.807, 2.05) is 26.0 Å². The fourth-order valence-corrected chi connectivity index (χ4v) is 1.64. The molecule has 15 heavy (non-hydrogen) atoms. The molecule has 0 aliphatic heterocycles. The molecule has 0 aromatic heterocycles. The zero-order valence-electron chi connectivity index (χ0n) is 9.20. The quantitative estimate of drug-likeness (QED) is 0.922. The largest absolute Gasteiger partial charge is 0.496 e. The summed E-state index contributed by atoms with van der Waals surface area (Å²) in [6.07, 6.45) is 0.0612. The van der Waals surface area contributed by atoms with Crippen LogP contribution in [0.2, 0.25) is 0 Å². The third-order valence-corrected chi connectivity index (χ3v) is 2.08. The van der Waals surface area contributed by atoms with Gasteiger partial charge in [-0.3, -0.25) is 4.79 Å². The standard InChI is InChI=1S/C11H14O3.Y/c1-7-4-9(6-10(12)13)5-8(2)11(7)14-3;/h4-5H,6H2,1-3H3,(H,12,13);. The molecule has 0 amide bonds. The molecule has 0 saturated heterocycles. The van der Waals surface area contributed by atoms with Crippen LogP contribution in [0.25, 0.3) is 0 Å². The van der Waals surface area contributed by atoms with Gasteiger partial charge in [0.25, 0.3) is 0 Å². The summed E-state index contributed by atoms with van der Waals surface area (Å²) in [5, 5.41) is 8.64. The third-order valence-electron chi connectivity index (χ3n) is 2.08. The van der Waals surface area contributed by atoms with Crippen LogP contribution in [0.1, 0.15) is 16.7 Å². The number of benzene rings is 1. The minimum Gasteiger partial charge on any atom is -0.496 e. The topological polar surface area (TPSA) is 46.5 Å². The van der Waals surface area contributed by atoms with Gasteiger partial charge in [0.2, 0.25) is 0 Å². The van der Waals surface area contributed by atoms with Crippen molar-refractivity contribution in [1.82, 2.24) is 0 Å². The van der Waals surface area contributed by atoms with Crippen LogP contribution in [-0.4, -0.2) is 18.2 Å². The fourth-order valence-electron chi connectivity index (χ4n) is 1.64. The van der Waals surface area contributed by atoms with Crippen LogP contribution in [-0.2, 0) is 43.9 Å². The molecule has 1 rings (SSSR count). The van der Waals surface area contributed by atoms with Gasteiger partial charge in [0.15, 0.2) is 0 Å². The van der Waals surface area contributed by atoms with Crippen molar-refractivity contribution >= 4 is 5.97 Å². The van der Waals surface area contributed by atoms with Gasteiger partial charge in [0, 0.05) is 32.7 Å². The number of aliphatic carboxylic acids is 1. The Morgan fingerprint density at radius 1 is 1.33 bits per heavy atom. The summed E-state index contributed by atoms with van der Waals surface area (Å²) in [7, 11) is 1.62. The Bertz CT molecular complexity index is 338. The minimum absolute atomic E-state index is 0. The second kappa shape index (κ2) is 6.24. The number of carbonyl (C=O) groups is 1. The molecule has 0 aliphatic carbocycles. The van der Waals surface area contributed by atoms with Gasteiger partial charge in [-0.1, -0.05) is 12.1 Å². The molecule has 79 valence electrons. The molecular weight excluding hydrogens is 269 g/mol. The molecule has 0 saturated carbocycles. The van der Waals surface area contributed by atoms with E-state index in [9.17, 15) is 4.79 Å². The van der Waals surface area contributed by atoms with E-state index in [0.717, 1.165) is 22.4 Å². The smallest absolute Gasteiger partial charge is 0.307 e. The Labute approximate surface area is 115 Å². The zero-order valence-corrected chi connectivity index (χ0v) is 12.0. The molecule has 0 bridgehead atoms. The predicted molar refractivity (Wildman–Crippen MR) is 53.8 cm³/mol. The summed E-state index contributed by atoms with van der Waals surface area (Å²) in [6, 6.07) is 3.69. The molecule has 0 spiro atoms. The average molecular weight is 283 g/mol. The van der Waals surface area contributed by atoms with E-state index in [-0.39, 0.29) is 39.1 Å². The van der Waals surface area contributed by atoms with Crippen molar-refractivity contribution in [3.63, 3.8) is 0 Å². The molecule has 1 aromatic carbocycles. The number of hydrogen-bond acceptors (Lipinski definition) is 2. The van der Waals surface area contributed by atoms with E-state index >= 15 is 0 Å². The van der Waals surface area contributed by atoms with Crippen LogP contribution < -0.4 is 4.74 Å². The Morgan fingerprint density at radius 2 is 1.80 bits per heavy atom. The summed E-state index contributed by atoms with van der Waals surface area (Å²) in [4.78, 5) is 10.5. The number of carboxylic acid groups (broad SMARTS) is 1. The van der Waals surface area contributed by atoms with Crippen molar-refractivity contribution in [1.29, 1.82) is 0 Å². The summed E-state index contributed by atoms with van der Waals surface area (Å²) >= 11 is 0. The second-order valence-electron chi connectivity index (χ2n) is 3.33. The summed E-state index contributed by atoms with van der Waals surface area (Å²) in [5.41, 5.74) is 2.76. The Kier molecular flexibility index (Phi) is 6.07. The number of rotatable bonds is 3. The Morgan fingerprint density at radius 3 is 2.13 bits per heavy atom. The van der Waals surface area contributed by atoms with Crippen LogP contribution in [0.5, 0.6) is 5.75 Å². The van der Waals surface area contributed by atoms with Gasteiger partial charge in [-0.05, 0) is 30.5 Å². The normalized spacial score (nSPS) is 9.27. The van der Waals surface area contributed by atoms with Gasteiger partial charge in [0.05, 0.1) is 13.5 Å². The molecule has 1 radical (unpaired) electrons. The first-order chi connectivity index (χ1) is 6.54. The Balaban J connectivity index is 0.00000196. The zero-order chi connectivity index (χ0) is 10.7. The first kappa shape index (κ1) is 14.6. The fraction of sp³-hybridized carbons (Fsp3) is 0.364. The van der Waals surface area contributed by atoms with Crippen molar-refractivity contribution in [2.75, 3.05) is 7.11 Å². The van der Waals surface area contributed by atoms with Crippen molar-refractivity contribution in [3.8, 4) is 5.75 Å². The van der Waals surface area contributed by atoms with Gasteiger partial charge >= 0.3 is 5.97 Å². The van der Waals surface area contributed by atoms with E-state index in [2.05, 4.69) is 0 Å². The molecular formula is C11H14O3Y. The first-order valence-electron chi connectivity index (χ1n) is 4.40. The molecule has 0 atom stereocenters. The van der Waals surface area contributed by atoms with Crippen LogP contribution in [0, 0.1) is 13.8 Å². The average Bonchev–Trinajstić information content (AvgIpc) is 2.01. The van der Waals surface area contributed by atoms with Gasteiger partial charge < -0.3 is 9.84 Å². The molecule has 0 fully saturated rings. The second-order valence-corrected chi connectivity index (χ2v) is 3.33.